The van der Waals surface area contributed by atoms with Crippen LogP contribution in [0.2, 0.25) is 0 Å². The lowest BCUT2D eigenvalue weighted by atomic mass is 10.0. The van der Waals surface area contributed by atoms with E-state index in [2.05, 4.69) is 25.2 Å². The van der Waals surface area contributed by atoms with Crippen molar-refractivity contribution >= 4 is 23.4 Å². The van der Waals surface area contributed by atoms with Gasteiger partial charge < -0.3 is 24.4 Å². The van der Waals surface area contributed by atoms with E-state index in [1.165, 1.54) is 7.11 Å². The summed E-state index contributed by atoms with van der Waals surface area (Å²) in [5, 5.41) is 11.0. The van der Waals surface area contributed by atoms with Gasteiger partial charge >= 0.3 is 5.97 Å². The predicted octanol–water partition coefficient (Wildman–Crippen LogP) is 1.86. The van der Waals surface area contributed by atoms with E-state index in [0.717, 1.165) is 25.9 Å². The number of carbonyl (C=O) groups excluding carboxylic acids is 2. The van der Waals surface area contributed by atoms with Crippen LogP contribution < -0.4 is 10.2 Å². The maximum atomic E-state index is 12.4. The smallest absolute Gasteiger partial charge is 0.337 e. The van der Waals surface area contributed by atoms with Gasteiger partial charge in [0.2, 0.25) is 0 Å². The SMILES string of the molecule is COC(=O)c1cccc(NC(=O)c2ccc(N3CCC4(CC3)OCCO4)nn2)c1. The van der Waals surface area contributed by atoms with Crippen molar-refractivity contribution in [2.45, 2.75) is 18.6 Å². The second-order valence-corrected chi connectivity index (χ2v) is 6.90. The molecule has 0 saturated carbocycles. The lowest BCUT2D eigenvalue weighted by molar-refractivity contribution is -0.169. The Morgan fingerprint density at radius 2 is 1.86 bits per heavy atom. The van der Waals surface area contributed by atoms with Crippen molar-refractivity contribution in [2.75, 3.05) is 43.6 Å². The van der Waals surface area contributed by atoms with E-state index in [-0.39, 0.29) is 5.69 Å². The molecular formula is C20H22N4O5. The summed E-state index contributed by atoms with van der Waals surface area (Å²) in [6, 6.07) is 9.92. The molecule has 1 aromatic heterocycles. The number of aromatic nitrogens is 2. The zero-order valence-electron chi connectivity index (χ0n) is 16.1. The summed E-state index contributed by atoms with van der Waals surface area (Å²) in [5.74, 6) is -0.608. The molecule has 1 aromatic carbocycles. The summed E-state index contributed by atoms with van der Waals surface area (Å²) >= 11 is 0. The Morgan fingerprint density at radius 3 is 2.52 bits per heavy atom. The van der Waals surface area contributed by atoms with Crippen LogP contribution in [0.4, 0.5) is 11.5 Å². The molecule has 4 rings (SSSR count). The Hall–Kier alpha value is -3.04. The molecule has 2 aromatic rings. The molecule has 152 valence electrons. The van der Waals surface area contributed by atoms with Gasteiger partial charge in [-0.2, -0.15) is 0 Å². The average Bonchev–Trinajstić information content (AvgIpc) is 3.22. The summed E-state index contributed by atoms with van der Waals surface area (Å²) in [6.07, 6.45) is 1.54. The number of hydrogen-bond donors (Lipinski definition) is 1. The van der Waals surface area contributed by atoms with Gasteiger partial charge in [-0.25, -0.2) is 4.79 Å². The largest absolute Gasteiger partial charge is 0.465 e. The maximum absolute atomic E-state index is 12.4. The third-order valence-electron chi connectivity index (χ3n) is 5.09. The first-order chi connectivity index (χ1) is 14.1. The van der Waals surface area contributed by atoms with Crippen LogP contribution in [0.5, 0.6) is 0 Å². The number of hydrogen-bond acceptors (Lipinski definition) is 8. The minimum Gasteiger partial charge on any atom is -0.465 e. The van der Waals surface area contributed by atoms with Gasteiger partial charge in [-0.05, 0) is 30.3 Å². The Bertz CT molecular complexity index is 886. The predicted molar refractivity (Wildman–Crippen MR) is 104 cm³/mol. The molecule has 2 saturated heterocycles. The number of anilines is 2. The highest BCUT2D eigenvalue weighted by Gasteiger charge is 2.40. The topological polar surface area (TPSA) is 103 Å². The second kappa shape index (κ2) is 8.14. The molecule has 1 amide bonds. The minimum absolute atomic E-state index is 0.188. The quantitative estimate of drug-likeness (QED) is 0.779. The highest BCUT2D eigenvalue weighted by atomic mass is 16.7. The number of methoxy groups -OCH3 is 1. The molecular weight excluding hydrogens is 376 g/mol. The summed E-state index contributed by atoms with van der Waals surface area (Å²) in [4.78, 5) is 26.2. The van der Waals surface area contributed by atoms with Gasteiger partial charge in [0.05, 0.1) is 25.9 Å². The van der Waals surface area contributed by atoms with Crippen LogP contribution in [0.1, 0.15) is 33.7 Å². The summed E-state index contributed by atoms with van der Waals surface area (Å²) < 4.78 is 16.2. The Morgan fingerprint density at radius 1 is 1.10 bits per heavy atom. The molecule has 3 heterocycles. The van der Waals surface area contributed by atoms with Crippen LogP contribution in [0.3, 0.4) is 0 Å². The highest BCUT2D eigenvalue weighted by Crippen LogP contribution is 2.32. The fraction of sp³-hybridized carbons (Fsp3) is 0.400. The van der Waals surface area contributed by atoms with Gasteiger partial charge in [0.1, 0.15) is 0 Å². The number of esters is 1. The number of rotatable bonds is 4. The van der Waals surface area contributed by atoms with Crippen LogP contribution in [0, 0.1) is 0 Å². The highest BCUT2D eigenvalue weighted by molar-refractivity contribution is 6.03. The van der Waals surface area contributed by atoms with E-state index in [1.54, 1.807) is 36.4 Å². The normalized spacial score (nSPS) is 17.9. The molecule has 0 aliphatic carbocycles. The van der Waals surface area contributed by atoms with Crippen molar-refractivity contribution in [3.8, 4) is 0 Å². The first kappa shape index (κ1) is 19.3. The third kappa shape index (κ3) is 4.20. The molecule has 0 atom stereocenters. The second-order valence-electron chi connectivity index (χ2n) is 6.90. The number of ether oxygens (including phenoxy) is 3. The van der Waals surface area contributed by atoms with Crippen LogP contribution in [-0.2, 0) is 14.2 Å². The van der Waals surface area contributed by atoms with Crippen LogP contribution in [0.25, 0.3) is 0 Å². The number of nitrogens with one attached hydrogen (secondary N) is 1. The molecule has 1 N–H and O–H groups in total. The summed E-state index contributed by atoms with van der Waals surface area (Å²) in [5.41, 5.74) is 1.01. The van der Waals surface area contributed by atoms with Crippen LogP contribution in [-0.4, -0.2) is 61.3 Å². The number of benzene rings is 1. The van der Waals surface area contributed by atoms with E-state index in [0.29, 0.717) is 30.3 Å². The first-order valence-corrected chi connectivity index (χ1v) is 9.45. The number of carbonyl (C=O) groups is 2. The van der Waals surface area contributed by atoms with E-state index >= 15 is 0 Å². The molecule has 9 heteroatoms. The molecule has 29 heavy (non-hydrogen) atoms. The van der Waals surface area contributed by atoms with Crippen LogP contribution in [0.15, 0.2) is 36.4 Å². The van der Waals surface area contributed by atoms with Crippen molar-refractivity contribution in [1.29, 1.82) is 0 Å². The van der Waals surface area contributed by atoms with Gasteiger partial charge in [-0.15, -0.1) is 10.2 Å². The number of nitrogens with zero attached hydrogens (tertiary/aromatic N) is 3. The fourth-order valence-electron chi connectivity index (χ4n) is 3.51. The van der Waals surface area contributed by atoms with Crippen molar-refractivity contribution in [1.82, 2.24) is 10.2 Å². The Balaban J connectivity index is 1.38. The van der Waals surface area contributed by atoms with E-state index in [1.807, 2.05) is 0 Å². The molecule has 0 unspecified atom stereocenters. The molecule has 2 aliphatic rings. The van der Waals surface area contributed by atoms with E-state index < -0.39 is 17.7 Å². The minimum atomic E-state index is -0.470. The van der Waals surface area contributed by atoms with Gasteiger partial charge in [0.25, 0.3) is 5.91 Å². The molecule has 2 aliphatic heterocycles. The molecule has 0 radical (unpaired) electrons. The standard InChI is InChI=1S/C20H22N4O5/c1-27-19(26)14-3-2-4-15(13-14)21-18(25)16-5-6-17(23-22-16)24-9-7-20(8-10-24)28-11-12-29-20/h2-6,13H,7-12H2,1H3,(H,21,25). The van der Waals surface area contributed by atoms with Crippen molar-refractivity contribution < 1.29 is 23.8 Å². The lowest BCUT2D eigenvalue weighted by Gasteiger charge is -2.37. The van der Waals surface area contributed by atoms with Crippen molar-refractivity contribution in [3.63, 3.8) is 0 Å². The summed E-state index contributed by atoms with van der Waals surface area (Å²) in [7, 11) is 1.31. The monoisotopic (exact) mass is 398 g/mol. The first-order valence-electron chi connectivity index (χ1n) is 9.45. The van der Waals surface area contributed by atoms with Gasteiger partial charge in [-0.1, -0.05) is 6.07 Å². The lowest BCUT2D eigenvalue weighted by Crippen LogP contribution is -2.45. The molecule has 2 fully saturated rings. The fourth-order valence-corrected chi connectivity index (χ4v) is 3.51. The van der Waals surface area contributed by atoms with Gasteiger partial charge in [-0.3, -0.25) is 4.79 Å². The number of amides is 1. The van der Waals surface area contributed by atoms with Crippen LogP contribution >= 0.6 is 0 Å². The third-order valence-corrected chi connectivity index (χ3v) is 5.09. The van der Waals surface area contributed by atoms with E-state index in [4.69, 9.17) is 9.47 Å². The number of piperidine rings is 1. The van der Waals surface area contributed by atoms with E-state index in [9.17, 15) is 9.59 Å². The molecule has 1 spiro atoms. The average molecular weight is 398 g/mol. The van der Waals surface area contributed by atoms with Gasteiger partial charge in [0, 0.05) is 31.6 Å². The zero-order chi connectivity index (χ0) is 20.3. The van der Waals surface area contributed by atoms with Crippen molar-refractivity contribution in [3.05, 3.63) is 47.7 Å². The zero-order valence-corrected chi connectivity index (χ0v) is 16.1. The molecule has 0 bridgehead atoms. The Kier molecular flexibility index (Phi) is 5.41. The van der Waals surface area contributed by atoms with Gasteiger partial charge in [0.15, 0.2) is 17.3 Å². The Labute approximate surface area is 168 Å². The summed E-state index contributed by atoms with van der Waals surface area (Å²) in [6.45, 7) is 2.79. The molecule has 9 nitrogen and oxygen atoms in total. The maximum Gasteiger partial charge on any atom is 0.337 e. The van der Waals surface area contributed by atoms with Crippen molar-refractivity contribution in [2.24, 2.45) is 0 Å².